The van der Waals surface area contributed by atoms with Crippen LogP contribution in [0.5, 0.6) is 0 Å². The van der Waals surface area contributed by atoms with Crippen LogP contribution in [0, 0.1) is 6.92 Å². The number of hydrazine groups is 1. The Morgan fingerprint density at radius 3 is 2.38 bits per heavy atom. The van der Waals surface area contributed by atoms with Gasteiger partial charge >= 0.3 is 0 Å². The molecule has 21 heavy (non-hydrogen) atoms. The Morgan fingerprint density at radius 1 is 1.14 bits per heavy atom. The average Bonchev–Trinajstić information content (AvgIpc) is 2.44. The smallest absolute Gasteiger partial charge is 0.269 e. The van der Waals surface area contributed by atoms with E-state index in [-0.39, 0.29) is 11.8 Å². The summed E-state index contributed by atoms with van der Waals surface area (Å²) in [5.41, 5.74) is 6.01. The van der Waals surface area contributed by atoms with Gasteiger partial charge in [0.2, 0.25) is 5.91 Å². The van der Waals surface area contributed by atoms with Crippen LogP contribution >= 0.6 is 0 Å². The zero-order valence-electron chi connectivity index (χ0n) is 12.5. The van der Waals surface area contributed by atoms with Gasteiger partial charge < -0.3 is 5.32 Å². The van der Waals surface area contributed by atoms with E-state index in [1.54, 1.807) is 12.1 Å². The summed E-state index contributed by atoms with van der Waals surface area (Å²) in [5, 5.41) is 2.55. The number of amides is 3. The normalized spacial score (nSPS) is 11.4. The molecule has 0 radical (unpaired) electrons. The lowest BCUT2D eigenvalue weighted by Crippen LogP contribution is -2.52. The van der Waals surface area contributed by atoms with Gasteiger partial charge in [-0.25, -0.2) is 0 Å². The summed E-state index contributed by atoms with van der Waals surface area (Å²) in [6.07, 6.45) is 1.25. The number of aryl methyl sites for hydroxylation is 1. The van der Waals surface area contributed by atoms with Crippen molar-refractivity contribution in [3.8, 4) is 0 Å². The van der Waals surface area contributed by atoms with Gasteiger partial charge in [0.25, 0.3) is 11.8 Å². The third-order valence-corrected chi connectivity index (χ3v) is 2.96. The number of carbonyl (C=O) groups is 3. The molecule has 6 heteroatoms. The Kier molecular flexibility index (Phi) is 6.39. The second-order valence-corrected chi connectivity index (χ2v) is 4.80. The Labute approximate surface area is 124 Å². The highest BCUT2D eigenvalue weighted by Crippen LogP contribution is 2.06. The zero-order valence-corrected chi connectivity index (χ0v) is 12.5. The van der Waals surface area contributed by atoms with E-state index in [1.807, 2.05) is 26.0 Å². The molecule has 1 rings (SSSR count). The maximum Gasteiger partial charge on any atom is 0.269 e. The molecular formula is C15H21N3O3. The zero-order chi connectivity index (χ0) is 15.8. The molecule has 3 amide bonds. The minimum absolute atomic E-state index is 0.283. The number of carbonyl (C=O) groups excluding carboxylic acids is 3. The highest BCUT2D eigenvalue weighted by molar-refractivity contribution is 5.97. The second kappa shape index (κ2) is 8.04. The number of nitrogens with one attached hydrogen (secondary N) is 3. The van der Waals surface area contributed by atoms with Crippen LogP contribution in [0.2, 0.25) is 0 Å². The van der Waals surface area contributed by atoms with Gasteiger partial charge in [0.15, 0.2) is 0 Å². The molecule has 6 nitrogen and oxygen atoms in total. The molecule has 0 aliphatic heterocycles. The summed E-state index contributed by atoms with van der Waals surface area (Å²) in [7, 11) is 0. The van der Waals surface area contributed by atoms with E-state index < -0.39 is 11.9 Å². The van der Waals surface area contributed by atoms with Gasteiger partial charge in [-0.15, -0.1) is 0 Å². The van der Waals surface area contributed by atoms with Crippen molar-refractivity contribution in [1.82, 2.24) is 16.2 Å². The lowest BCUT2D eigenvalue weighted by Gasteiger charge is -2.17. The lowest BCUT2D eigenvalue weighted by molar-refractivity contribution is -0.128. The Bertz CT molecular complexity index is 529. The summed E-state index contributed by atoms with van der Waals surface area (Å²) in [5.74, 6) is -1.11. The maximum atomic E-state index is 12.0. The fraction of sp³-hybridized carbons (Fsp3) is 0.400. The van der Waals surface area contributed by atoms with Crippen molar-refractivity contribution >= 4 is 17.7 Å². The third kappa shape index (κ3) is 5.25. The van der Waals surface area contributed by atoms with Gasteiger partial charge in [0, 0.05) is 12.5 Å². The molecule has 114 valence electrons. The number of benzene rings is 1. The standard InChI is InChI=1S/C15H21N3O3/c1-4-7-13(16-11(3)19)15(21)18-17-14(20)12-9-6-5-8-10(12)2/h5-6,8-9,13H,4,7H2,1-3H3,(H,16,19)(H,17,20)(H,18,21)/t13-/m1/s1. The SMILES string of the molecule is CCC[C@@H](NC(C)=O)C(=O)NNC(=O)c1ccccc1C. The van der Waals surface area contributed by atoms with E-state index in [0.717, 1.165) is 12.0 Å². The van der Waals surface area contributed by atoms with Crippen molar-refractivity contribution < 1.29 is 14.4 Å². The lowest BCUT2D eigenvalue weighted by atomic mass is 10.1. The van der Waals surface area contributed by atoms with Crippen LogP contribution in [0.25, 0.3) is 0 Å². The Morgan fingerprint density at radius 2 is 1.81 bits per heavy atom. The Hall–Kier alpha value is -2.37. The minimum atomic E-state index is -0.648. The fourth-order valence-electron chi connectivity index (χ4n) is 1.90. The first kappa shape index (κ1) is 16.7. The van der Waals surface area contributed by atoms with E-state index in [2.05, 4.69) is 16.2 Å². The van der Waals surface area contributed by atoms with Crippen LogP contribution in [0.15, 0.2) is 24.3 Å². The minimum Gasteiger partial charge on any atom is -0.344 e. The molecule has 0 heterocycles. The first-order valence-corrected chi connectivity index (χ1v) is 6.88. The van der Waals surface area contributed by atoms with Crippen LogP contribution in [0.1, 0.15) is 42.6 Å². The molecule has 0 saturated heterocycles. The van der Waals surface area contributed by atoms with Gasteiger partial charge in [-0.1, -0.05) is 31.5 Å². The monoisotopic (exact) mass is 291 g/mol. The predicted octanol–water partition coefficient (Wildman–Crippen LogP) is 1.06. The molecule has 0 saturated carbocycles. The third-order valence-electron chi connectivity index (χ3n) is 2.96. The molecule has 0 aliphatic rings. The van der Waals surface area contributed by atoms with Crippen LogP contribution in [-0.4, -0.2) is 23.8 Å². The van der Waals surface area contributed by atoms with Crippen molar-refractivity contribution in [3.05, 3.63) is 35.4 Å². The summed E-state index contributed by atoms with van der Waals surface area (Å²) >= 11 is 0. The molecule has 1 atom stereocenters. The van der Waals surface area contributed by atoms with Crippen molar-refractivity contribution in [2.75, 3.05) is 0 Å². The highest BCUT2D eigenvalue weighted by atomic mass is 16.2. The van der Waals surface area contributed by atoms with Crippen LogP contribution < -0.4 is 16.2 Å². The van der Waals surface area contributed by atoms with E-state index in [4.69, 9.17) is 0 Å². The number of hydrogen-bond donors (Lipinski definition) is 3. The summed E-state index contributed by atoms with van der Waals surface area (Å²) < 4.78 is 0. The average molecular weight is 291 g/mol. The molecule has 3 N–H and O–H groups in total. The molecule has 1 aromatic carbocycles. The first-order valence-electron chi connectivity index (χ1n) is 6.88. The largest absolute Gasteiger partial charge is 0.344 e. The quantitative estimate of drug-likeness (QED) is 0.709. The molecule has 0 bridgehead atoms. The van der Waals surface area contributed by atoms with Crippen LogP contribution in [-0.2, 0) is 9.59 Å². The first-order chi connectivity index (χ1) is 9.95. The molecular weight excluding hydrogens is 270 g/mol. The Balaban J connectivity index is 2.60. The molecule has 0 aliphatic carbocycles. The van der Waals surface area contributed by atoms with Gasteiger partial charge in [-0.05, 0) is 25.0 Å². The second-order valence-electron chi connectivity index (χ2n) is 4.80. The molecule has 0 unspecified atom stereocenters. The molecule has 0 fully saturated rings. The summed E-state index contributed by atoms with van der Waals surface area (Å²) in [6, 6.07) is 6.42. The number of hydrogen-bond acceptors (Lipinski definition) is 3. The van der Waals surface area contributed by atoms with Crippen molar-refractivity contribution in [2.45, 2.75) is 39.7 Å². The molecule has 1 aromatic rings. The summed E-state index contributed by atoms with van der Waals surface area (Å²) in [4.78, 5) is 35.0. The van der Waals surface area contributed by atoms with Crippen molar-refractivity contribution in [2.24, 2.45) is 0 Å². The van der Waals surface area contributed by atoms with Crippen molar-refractivity contribution in [3.63, 3.8) is 0 Å². The fourth-order valence-corrected chi connectivity index (χ4v) is 1.90. The molecule has 0 spiro atoms. The van der Waals surface area contributed by atoms with Crippen LogP contribution in [0.3, 0.4) is 0 Å². The van der Waals surface area contributed by atoms with Gasteiger partial charge in [-0.3, -0.25) is 25.2 Å². The molecule has 0 aromatic heterocycles. The summed E-state index contributed by atoms with van der Waals surface area (Å²) in [6.45, 7) is 5.07. The van der Waals surface area contributed by atoms with E-state index in [9.17, 15) is 14.4 Å². The number of rotatable bonds is 5. The van der Waals surface area contributed by atoms with Crippen LogP contribution in [0.4, 0.5) is 0 Å². The van der Waals surface area contributed by atoms with Gasteiger partial charge in [0.1, 0.15) is 6.04 Å². The van der Waals surface area contributed by atoms with E-state index >= 15 is 0 Å². The van der Waals surface area contributed by atoms with E-state index in [1.165, 1.54) is 6.92 Å². The highest BCUT2D eigenvalue weighted by Gasteiger charge is 2.19. The predicted molar refractivity (Wildman–Crippen MR) is 79.3 cm³/mol. The van der Waals surface area contributed by atoms with Crippen molar-refractivity contribution in [1.29, 1.82) is 0 Å². The van der Waals surface area contributed by atoms with E-state index in [0.29, 0.717) is 12.0 Å². The van der Waals surface area contributed by atoms with Gasteiger partial charge in [-0.2, -0.15) is 0 Å². The topological polar surface area (TPSA) is 87.3 Å². The van der Waals surface area contributed by atoms with Gasteiger partial charge in [0.05, 0.1) is 0 Å². The maximum absolute atomic E-state index is 12.0.